The van der Waals surface area contributed by atoms with Gasteiger partial charge in [0.25, 0.3) is 0 Å². The van der Waals surface area contributed by atoms with Crippen LogP contribution < -0.4 is 0 Å². The zero-order valence-corrected chi connectivity index (χ0v) is 19.1. The molecule has 2 aliphatic heterocycles. The molecule has 2 heterocycles. The highest BCUT2D eigenvalue weighted by molar-refractivity contribution is 9.09. The van der Waals surface area contributed by atoms with E-state index in [2.05, 4.69) is 22.5 Å². The smallest absolute Gasteiger partial charge is 0.229 e. The van der Waals surface area contributed by atoms with Crippen molar-refractivity contribution in [2.45, 2.75) is 71.5 Å². The number of rotatable bonds is 10. The van der Waals surface area contributed by atoms with E-state index < -0.39 is 0 Å². The van der Waals surface area contributed by atoms with Crippen LogP contribution in [-0.4, -0.2) is 48.2 Å². The van der Waals surface area contributed by atoms with Crippen LogP contribution in [0.4, 0.5) is 0 Å². The van der Waals surface area contributed by atoms with Crippen molar-refractivity contribution in [3.05, 3.63) is 24.8 Å². The lowest BCUT2D eigenvalue weighted by Gasteiger charge is -2.26. The van der Waals surface area contributed by atoms with Crippen molar-refractivity contribution in [3.63, 3.8) is 0 Å². The van der Waals surface area contributed by atoms with E-state index in [0.29, 0.717) is 0 Å². The first kappa shape index (κ1) is 26.1. The first-order chi connectivity index (χ1) is 13.1. The van der Waals surface area contributed by atoms with E-state index in [1.807, 2.05) is 40.0 Å². The molecule has 0 aromatic carbocycles. The fraction of sp³-hybridized carbons (Fsp3) is 0.727. The maximum atomic E-state index is 12.6. The number of hydrogen-bond acceptors (Lipinski definition) is 3. The van der Waals surface area contributed by atoms with Crippen LogP contribution in [0.3, 0.4) is 0 Å². The minimum Gasteiger partial charge on any atom is -0.365 e. The fourth-order valence-corrected chi connectivity index (χ4v) is 3.72. The van der Waals surface area contributed by atoms with Crippen LogP contribution in [0.1, 0.15) is 59.3 Å². The minimum atomic E-state index is -0.323. The van der Waals surface area contributed by atoms with Gasteiger partial charge in [0, 0.05) is 18.9 Å². The molecule has 4 nitrogen and oxygen atoms in total. The van der Waals surface area contributed by atoms with Crippen molar-refractivity contribution in [1.82, 2.24) is 4.90 Å². The maximum absolute atomic E-state index is 12.6. The van der Waals surface area contributed by atoms with Gasteiger partial charge in [-0.25, -0.2) is 0 Å². The molecule has 1 amide bonds. The lowest BCUT2D eigenvalue weighted by atomic mass is 9.83. The Labute approximate surface area is 174 Å². The Morgan fingerprint density at radius 2 is 1.63 bits per heavy atom. The van der Waals surface area contributed by atoms with Crippen molar-refractivity contribution in [2.24, 2.45) is 11.8 Å². The molecule has 2 aliphatic rings. The standard InChI is InChI=1S/C17H26BrNO3.C3H6.C2H6/c1-19(11-7-5-3-2-4-6-10-18)17(21)16-13(12-20)14-8-9-15(16)22-14;1-3-2;1-2/h8-9,12-16H,2-7,10-11H2,1H3;3H,1H2,2H3;1-2H3. The van der Waals surface area contributed by atoms with Gasteiger partial charge < -0.3 is 14.4 Å². The van der Waals surface area contributed by atoms with Crippen molar-refractivity contribution in [2.75, 3.05) is 18.9 Å². The second kappa shape index (κ2) is 16.1. The number of unbranched alkanes of at least 4 members (excludes halogenated alkanes) is 5. The predicted molar refractivity (Wildman–Crippen MR) is 117 cm³/mol. The van der Waals surface area contributed by atoms with Gasteiger partial charge in [0.2, 0.25) is 5.91 Å². The van der Waals surface area contributed by atoms with Crippen LogP contribution in [0.15, 0.2) is 24.8 Å². The number of alkyl halides is 1. The molecule has 2 bridgehead atoms. The number of ether oxygens (including phenoxy) is 1. The van der Waals surface area contributed by atoms with Gasteiger partial charge in [0.1, 0.15) is 6.29 Å². The van der Waals surface area contributed by atoms with Gasteiger partial charge >= 0.3 is 0 Å². The molecule has 0 spiro atoms. The van der Waals surface area contributed by atoms with Gasteiger partial charge in [-0.1, -0.05) is 73.7 Å². The van der Waals surface area contributed by atoms with E-state index in [1.165, 1.54) is 25.7 Å². The number of hydrogen-bond donors (Lipinski definition) is 0. The first-order valence-electron chi connectivity index (χ1n) is 10.3. The second-order valence-electron chi connectivity index (χ2n) is 6.67. The summed E-state index contributed by atoms with van der Waals surface area (Å²) in [4.78, 5) is 25.6. The van der Waals surface area contributed by atoms with Gasteiger partial charge in [0.05, 0.1) is 24.0 Å². The third-order valence-electron chi connectivity index (χ3n) is 4.65. The van der Waals surface area contributed by atoms with Gasteiger partial charge in [-0.3, -0.25) is 4.79 Å². The Kier molecular flexibility index (Phi) is 15.5. The number of carbonyl (C=O) groups excluding carboxylic acids is 2. The summed E-state index contributed by atoms with van der Waals surface area (Å²) in [5.74, 6) is -0.584. The molecule has 2 rings (SSSR count). The Balaban J connectivity index is 0.00000123. The molecule has 27 heavy (non-hydrogen) atoms. The van der Waals surface area contributed by atoms with E-state index in [1.54, 1.807) is 11.0 Å². The number of halogens is 1. The van der Waals surface area contributed by atoms with E-state index in [9.17, 15) is 9.59 Å². The number of fused-ring (bicyclic) bond motifs is 2. The molecule has 0 N–H and O–H groups in total. The Bertz CT molecular complexity index is 453. The summed E-state index contributed by atoms with van der Waals surface area (Å²) in [6.07, 6.45) is 13.2. The molecule has 0 aromatic heterocycles. The predicted octanol–water partition coefficient (Wildman–Crippen LogP) is 5.17. The Hall–Kier alpha value is -0.940. The van der Waals surface area contributed by atoms with Gasteiger partial charge in [0.15, 0.2) is 0 Å². The summed E-state index contributed by atoms with van der Waals surface area (Å²) < 4.78 is 5.65. The van der Waals surface area contributed by atoms with Crippen LogP contribution in [0.25, 0.3) is 0 Å². The molecular weight excluding hydrogens is 406 g/mol. The first-order valence-corrected chi connectivity index (χ1v) is 11.4. The van der Waals surface area contributed by atoms with E-state index in [-0.39, 0.29) is 30.0 Å². The number of aldehydes is 1. The molecular formula is C22H38BrNO3. The average Bonchev–Trinajstić information content (AvgIpc) is 3.30. The Morgan fingerprint density at radius 3 is 2.19 bits per heavy atom. The summed E-state index contributed by atoms with van der Waals surface area (Å²) >= 11 is 3.44. The molecule has 1 fully saturated rings. The third kappa shape index (κ3) is 8.73. The summed E-state index contributed by atoms with van der Waals surface area (Å²) in [7, 11) is 1.84. The van der Waals surface area contributed by atoms with Crippen molar-refractivity contribution in [3.8, 4) is 0 Å². The van der Waals surface area contributed by atoms with Crippen molar-refractivity contribution in [1.29, 1.82) is 0 Å². The van der Waals surface area contributed by atoms with Gasteiger partial charge in [-0.15, -0.1) is 6.58 Å². The molecule has 0 aromatic rings. The molecule has 0 saturated carbocycles. The normalized spacial score (nSPS) is 24.3. The van der Waals surface area contributed by atoms with Crippen LogP contribution in [0.5, 0.6) is 0 Å². The molecule has 5 heteroatoms. The zero-order chi connectivity index (χ0) is 20.7. The Morgan fingerprint density at radius 1 is 1.11 bits per heavy atom. The molecule has 156 valence electrons. The average molecular weight is 444 g/mol. The van der Waals surface area contributed by atoms with Crippen LogP contribution in [0, 0.1) is 11.8 Å². The molecule has 4 atom stereocenters. The van der Waals surface area contributed by atoms with E-state index in [0.717, 1.165) is 31.0 Å². The van der Waals surface area contributed by atoms with Gasteiger partial charge in [-0.2, -0.15) is 0 Å². The van der Waals surface area contributed by atoms with Crippen molar-refractivity contribution < 1.29 is 14.3 Å². The third-order valence-corrected chi connectivity index (χ3v) is 5.21. The van der Waals surface area contributed by atoms with Crippen molar-refractivity contribution >= 4 is 28.1 Å². The zero-order valence-electron chi connectivity index (χ0n) is 17.5. The maximum Gasteiger partial charge on any atom is 0.229 e. The molecule has 0 radical (unpaired) electrons. The van der Waals surface area contributed by atoms with Crippen LogP contribution >= 0.6 is 15.9 Å². The number of amides is 1. The van der Waals surface area contributed by atoms with E-state index >= 15 is 0 Å². The second-order valence-corrected chi connectivity index (χ2v) is 7.46. The monoisotopic (exact) mass is 443 g/mol. The highest BCUT2D eigenvalue weighted by atomic mass is 79.9. The largest absolute Gasteiger partial charge is 0.365 e. The van der Waals surface area contributed by atoms with Crippen LogP contribution in [-0.2, 0) is 14.3 Å². The highest BCUT2D eigenvalue weighted by Gasteiger charge is 2.50. The minimum absolute atomic E-state index is 0.0493. The SMILES string of the molecule is C=CC.CC.CN(CCCCCCCCBr)C(=O)C1C2C=CC(O2)C1C=O. The number of nitrogens with zero attached hydrogens (tertiary/aromatic N) is 1. The lowest BCUT2D eigenvalue weighted by Crippen LogP contribution is -2.41. The summed E-state index contributed by atoms with van der Waals surface area (Å²) in [5, 5.41) is 1.09. The van der Waals surface area contributed by atoms with Crippen LogP contribution in [0.2, 0.25) is 0 Å². The molecule has 4 unspecified atom stereocenters. The summed E-state index contributed by atoms with van der Waals surface area (Å²) in [6, 6.07) is 0. The lowest BCUT2D eigenvalue weighted by molar-refractivity contribution is -0.137. The molecule has 1 saturated heterocycles. The number of carbonyl (C=O) groups is 2. The summed E-state index contributed by atoms with van der Waals surface area (Å²) in [5.41, 5.74) is 0. The van der Waals surface area contributed by atoms with E-state index in [4.69, 9.17) is 4.74 Å². The summed E-state index contributed by atoms with van der Waals surface area (Å²) in [6.45, 7) is 10.0. The van der Waals surface area contributed by atoms with Gasteiger partial charge in [-0.05, 0) is 19.8 Å². The number of allylic oxidation sites excluding steroid dienone is 1. The fourth-order valence-electron chi connectivity index (χ4n) is 3.32. The highest BCUT2D eigenvalue weighted by Crippen LogP contribution is 2.38. The molecule has 0 aliphatic carbocycles. The topological polar surface area (TPSA) is 46.6 Å². The quantitative estimate of drug-likeness (QED) is 0.202.